The van der Waals surface area contributed by atoms with Gasteiger partial charge in [-0.05, 0) is 52.5 Å². The molecule has 2 rings (SSSR count). The molecule has 0 atom stereocenters. The average Bonchev–Trinajstić information content (AvgIpc) is 2.38. The van der Waals surface area contributed by atoms with Crippen LogP contribution in [-0.2, 0) is 0 Å². The summed E-state index contributed by atoms with van der Waals surface area (Å²) in [6, 6.07) is 12.8. The highest BCUT2D eigenvalue weighted by atomic mass is 79.9. The van der Waals surface area contributed by atoms with Gasteiger partial charge in [0.25, 0.3) is 0 Å². The number of thioether (sulfide) groups is 1. The molecule has 0 aromatic heterocycles. The van der Waals surface area contributed by atoms with Gasteiger partial charge in [-0.15, -0.1) is 11.8 Å². The third-order valence-electron chi connectivity index (χ3n) is 2.59. The lowest BCUT2D eigenvalue weighted by Gasteiger charge is -2.08. The van der Waals surface area contributed by atoms with Gasteiger partial charge in [-0.25, -0.2) is 0 Å². The van der Waals surface area contributed by atoms with Crippen molar-refractivity contribution >= 4 is 39.2 Å². The fraction of sp³-hybridized carbons (Fsp3) is 0.0714. The number of ketones is 1. The van der Waals surface area contributed by atoms with Crippen LogP contribution in [0, 0.1) is 0 Å². The number of hydrogen-bond donors (Lipinski definition) is 1. The molecule has 0 radical (unpaired) electrons. The van der Waals surface area contributed by atoms with E-state index in [1.165, 1.54) is 0 Å². The Labute approximate surface area is 119 Å². The van der Waals surface area contributed by atoms with Crippen molar-refractivity contribution in [1.82, 2.24) is 0 Å². The summed E-state index contributed by atoms with van der Waals surface area (Å²) in [5, 5.41) is 0. The van der Waals surface area contributed by atoms with E-state index >= 15 is 0 Å². The lowest BCUT2D eigenvalue weighted by atomic mass is 10.0. The molecule has 2 N–H and O–H groups in total. The van der Waals surface area contributed by atoms with Crippen LogP contribution in [0.4, 0.5) is 5.69 Å². The van der Waals surface area contributed by atoms with Crippen molar-refractivity contribution in [2.45, 2.75) is 4.90 Å². The van der Waals surface area contributed by atoms with Crippen LogP contribution in [0.3, 0.4) is 0 Å². The molecule has 92 valence electrons. The minimum atomic E-state index is 0.00632. The van der Waals surface area contributed by atoms with E-state index in [4.69, 9.17) is 5.73 Å². The average molecular weight is 322 g/mol. The van der Waals surface area contributed by atoms with E-state index < -0.39 is 0 Å². The van der Waals surface area contributed by atoms with Gasteiger partial charge in [0.15, 0.2) is 5.78 Å². The minimum Gasteiger partial charge on any atom is -0.399 e. The summed E-state index contributed by atoms with van der Waals surface area (Å²) in [4.78, 5) is 13.5. The second-order valence-corrected chi connectivity index (χ2v) is 5.47. The molecule has 0 aliphatic carbocycles. The standard InChI is InChI=1S/C14H12BrNOS/c1-18-13-5-3-2-4-11(13)14(17)10-7-6-9(16)8-12(10)15/h2-8H,16H2,1H3. The van der Waals surface area contributed by atoms with Crippen LogP contribution >= 0.6 is 27.7 Å². The van der Waals surface area contributed by atoms with Crippen LogP contribution in [-0.4, -0.2) is 12.0 Å². The first kappa shape index (κ1) is 13.2. The Kier molecular flexibility index (Phi) is 4.09. The molecule has 2 aromatic carbocycles. The number of halogens is 1. The van der Waals surface area contributed by atoms with Gasteiger partial charge >= 0.3 is 0 Å². The summed E-state index contributed by atoms with van der Waals surface area (Å²) in [7, 11) is 0. The third-order valence-corrected chi connectivity index (χ3v) is 4.04. The summed E-state index contributed by atoms with van der Waals surface area (Å²) in [6.07, 6.45) is 1.96. The second-order valence-electron chi connectivity index (χ2n) is 3.77. The highest BCUT2D eigenvalue weighted by Gasteiger charge is 2.15. The Hall–Kier alpha value is -1.26. The Morgan fingerprint density at radius 1 is 1.17 bits per heavy atom. The van der Waals surface area contributed by atoms with Crippen molar-refractivity contribution < 1.29 is 4.79 Å². The smallest absolute Gasteiger partial charge is 0.195 e. The van der Waals surface area contributed by atoms with Crippen molar-refractivity contribution in [1.29, 1.82) is 0 Å². The van der Waals surface area contributed by atoms with Crippen LogP contribution in [0.25, 0.3) is 0 Å². The van der Waals surface area contributed by atoms with Gasteiger partial charge in [0.05, 0.1) is 0 Å². The molecule has 0 unspecified atom stereocenters. The van der Waals surface area contributed by atoms with E-state index in [1.54, 1.807) is 30.0 Å². The van der Waals surface area contributed by atoms with Crippen LogP contribution < -0.4 is 5.73 Å². The Balaban J connectivity index is 2.48. The summed E-state index contributed by atoms with van der Waals surface area (Å²) in [6.45, 7) is 0. The van der Waals surface area contributed by atoms with Crippen LogP contribution in [0.1, 0.15) is 15.9 Å². The molecule has 0 bridgehead atoms. The summed E-state index contributed by atoms with van der Waals surface area (Å²) < 4.78 is 0.725. The van der Waals surface area contributed by atoms with Crippen LogP contribution in [0.2, 0.25) is 0 Å². The number of nitrogens with two attached hydrogens (primary N) is 1. The Morgan fingerprint density at radius 3 is 2.56 bits per heavy atom. The van der Waals surface area contributed by atoms with Crippen molar-refractivity contribution in [3.63, 3.8) is 0 Å². The number of nitrogen functional groups attached to an aromatic ring is 1. The van der Waals surface area contributed by atoms with E-state index in [0.717, 1.165) is 14.9 Å². The molecule has 0 aliphatic rings. The van der Waals surface area contributed by atoms with Gasteiger partial charge in [0.2, 0.25) is 0 Å². The first-order valence-corrected chi connectivity index (χ1v) is 7.38. The molecule has 18 heavy (non-hydrogen) atoms. The van der Waals surface area contributed by atoms with Gasteiger partial charge in [-0.2, -0.15) is 0 Å². The zero-order valence-corrected chi connectivity index (χ0v) is 12.2. The van der Waals surface area contributed by atoms with E-state index in [2.05, 4.69) is 15.9 Å². The highest BCUT2D eigenvalue weighted by Crippen LogP contribution is 2.27. The maximum atomic E-state index is 12.5. The van der Waals surface area contributed by atoms with Gasteiger partial charge in [0.1, 0.15) is 0 Å². The molecule has 0 amide bonds. The molecular weight excluding hydrogens is 310 g/mol. The quantitative estimate of drug-likeness (QED) is 0.528. The molecule has 0 heterocycles. The molecule has 0 saturated heterocycles. The molecule has 0 fully saturated rings. The summed E-state index contributed by atoms with van der Waals surface area (Å²) in [5.74, 6) is 0.00632. The molecule has 2 nitrogen and oxygen atoms in total. The maximum absolute atomic E-state index is 12.5. The number of carbonyl (C=O) groups is 1. The molecule has 0 saturated carbocycles. The Bertz CT molecular complexity index is 598. The lowest BCUT2D eigenvalue weighted by molar-refractivity contribution is 0.103. The van der Waals surface area contributed by atoms with Crippen LogP contribution in [0.15, 0.2) is 51.8 Å². The third kappa shape index (κ3) is 2.60. The van der Waals surface area contributed by atoms with Crippen molar-refractivity contribution in [3.8, 4) is 0 Å². The minimum absolute atomic E-state index is 0.00632. The normalized spacial score (nSPS) is 10.3. The van der Waals surface area contributed by atoms with Crippen molar-refractivity contribution in [2.75, 3.05) is 12.0 Å². The molecule has 4 heteroatoms. The van der Waals surface area contributed by atoms with Gasteiger partial charge in [-0.3, -0.25) is 4.79 Å². The largest absolute Gasteiger partial charge is 0.399 e. The number of carbonyl (C=O) groups excluding carboxylic acids is 1. The topological polar surface area (TPSA) is 43.1 Å². The van der Waals surface area contributed by atoms with Crippen molar-refractivity contribution in [2.24, 2.45) is 0 Å². The lowest BCUT2D eigenvalue weighted by Crippen LogP contribution is -2.04. The van der Waals surface area contributed by atoms with Gasteiger partial charge in [-0.1, -0.05) is 12.1 Å². The number of benzene rings is 2. The van der Waals surface area contributed by atoms with E-state index in [0.29, 0.717) is 11.3 Å². The summed E-state index contributed by atoms with van der Waals surface area (Å²) >= 11 is 4.95. The summed E-state index contributed by atoms with van der Waals surface area (Å²) in [5.41, 5.74) is 7.66. The van der Waals surface area contributed by atoms with E-state index in [1.807, 2.05) is 30.5 Å². The van der Waals surface area contributed by atoms with Crippen molar-refractivity contribution in [3.05, 3.63) is 58.1 Å². The van der Waals surface area contributed by atoms with Crippen LogP contribution in [0.5, 0.6) is 0 Å². The first-order chi connectivity index (χ1) is 8.63. The number of hydrogen-bond acceptors (Lipinski definition) is 3. The molecular formula is C14H12BrNOS. The highest BCUT2D eigenvalue weighted by molar-refractivity contribution is 9.10. The monoisotopic (exact) mass is 321 g/mol. The zero-order valence-electron chi connectivity index (χ0n) is 9.81. The molecule has 2 aromatic rings. The second kappa shape index (κ2) is 5.59. The molecule has 0 spiro atoms. The fourth-order valence-corrected chi connectivity index (χ4v) is 2.86. The Morgan fingerprint density at radius 2 is 1.89 bits per heavy atom. The molecule has 0 aliphatic heterocycles. The predicted molar refractivity (Wildman–Crippen MR) is 80.2 cm³/mol. The van der Waals surface area contributed by atoms with E-state index in [9.17, 15) is 4.79 Å². The van der Waals surface area contributed by atoms with E-state index in [-0.39, 0.29) is 5.78 Å². The fourth-order valence-electron chi connectivity index (χ4n) is 1.69. The maximum Gasteiger partial charge on any atom is 0.195 e. The van der Waals surface area contributed by atoms with Gasteiger partial charge in [0, 0.05) is 26.2 Å². The number of anilines is 1. The first-order valence-electron chi connectivity index (χ1n) is 5.36. The number of rotatable bonds is 3. The predicted octanol–water partition coefficient (Wildman–Crippen LogP) is 3.98. The van der Waals surface area contributed by atoms with Gasteiger partial charge < -0.3 is 5.73 Å². The SMILES string of the molecule is CSc1ccccc1C(=O)c1ccc(N)cc1Br. The zero-order chi connectivity index (χ0) is 13.1.